The quantitative estimate of drug-likeness (QED) is 0.881. The predicted molar refractivity (Wildman–Crippen MR) is 77.4 cm³/mol. The monoisotopic (exact) mass is 275 g/mol. The van der Waals surface area contributed by atoms with Gasteiger partial charge in [0.1, 0.15) is 0 Å². The Bertz CT molecular complexity index is 536. The molecule has 3 nitrogen and oxygen atoms in total. The fourth-order valence-corrected chi connectivity index (χ4v) is 2.69. The smallest absolute Gasteiger partial charge is 0.261 e. The first-order valence-corrected chi connectivity index (χ1v) is 7.11. The Morgan fingerprint density at radius 2 is 2.00 bits per heavy atom. The third-order valence-electron chi connectivity index (χ3n) is 2.92. The summed E-state index contributed by atoms with van der Waals surface area (Å²) >= 11 is 1.49. The first kappa shape index (κ1) is 13.8. The number of hydrogen-bond acceptors (Lipinski definition) is 3. The molecular weight excluding hydrogens is 258 g/mol. The van der Waals surface area contributed by atoms with Crippen LogP contribution in [-0.4, -0.2) is 17.6 Å². The molecule has 0 bridgehead atoms. The highest BCUT2D eigenvalue weighted by atomic mass is 32.1. The molecule has 2 aromatic rings. The van der Waals surface area contributed by atoms with E-state index < -0.39 is 0 Å². The molecule has 0 radical (unpaired) electrons. The summed E-state index contributed by atoms with van der Waals surface area (Å²) < 4.78 is 0. The van der Waals surface area contributed by atoms with Crippen molar-refractivity contribution in [3.63, 3.8) is 0 Å². The van der Waals surface area contributed by atoms with Gasteiger partial charge in [0, 0.05) is 4.88 Å². The highest BCUT2D eigenvalue weighted by Gasteiger charge is 2.15. The number of amides is 1. The molecule has 0 saturated heterocycles. The second kappa shape index (κ2) is 6.50. The molecule has 2 N–H and O–H groups in total. The Morgan fingerprint density at radius 1 is 1.26 bits per heavy atom. The summed E-state index contributed by atoms with van der Waals surface area (Å²) in [4.78, 5) is 14.0. The summed E-state index contributed by atoms with van der Waals surface area (Å²) in [5.41, 5.74) is 0.908. The minimum atomic E-state index is -0.360. The van der Waals surface area contributed by atoms with Gasteiger partial charge in [-0.3, -0.25) is 4.79 Å². The zero-order valence-corrected chi connectivity index (χ0v) is 11.6. The van der Waals surface area contributed by atoms with Crippen LogP contribution in [0.3, 0.4) is 0 Å². The number of carbonyl (C=O) groups excluding carboxylic acids is 1. The van der Waals surface area contributed by atoms with E-state index in [-0.39, 0.29) is 18.6 Å². The van der Waals surface area contributed by atoms with E-state index in [2.05, 4.69) is 12.2 Å². The van der Waals surface area contributed by atoms with Crippen LogP contribution in [0.1, 0.15) is 33.1 Å². The van der Waals surface area contributed by atoms with Crippen LogP contribution in [-0.2, 0) is 6.42 Å². The molecule has 2 rings (SSSR count). The van der Waals surface area contributed by atoms with E-state index in [4.69, 9.17) is 0 Å². The van der Waals surface area contributed by atoms with E-state index in [1.54, 1.807) is 0 Å². The molecule has 100 valence electrons. The molecule has 1 aromatic carbocycles. The number of carbonyl (C=O) groups is 1. The lowest BCUT2D eigenvalue weighted by Gasteiger charge is -2.16. The minimum Gasteiger partial charge on any atom is -0.394 e. The van der Waals surface area contributed by atoms with E-state index in [0.29, 0.717) is 4.88 Å². The Labute approximate surface area is 116 Å². The molecule has 0 aliphatic heterocycles. The number of nitrogens with one attached hydrogen (secondary N) is 1. The number of thiophene rings is 1. The topological polar surface area (TPSA) is 49.3 Å². The van der Waals surface area contributed by atoms with Crippen LogP contribution < -0.4 is 5.32 Å². The zero-order chi connectivity index (χ0) is 13.7. The van der Waals surface area contributed by atoms with Crippen molar-refractivity contribution in [2.75, 3.05) is 6.61 Å². The van der Waals surface area contributed by atoms with Gasteiger partial charge < -0.3 is 10.4 Å². The van der Waals surface area contributed by atoms with Gasteiger partial charge >= 0.3 is 0 Å². The average Bonchev–Trinajstić information content (AvgIpc) is 2.94. The Balaban J connectivity index is 2.08. The summed E-state index contributed by atoms with van der Waals surface area (Å²) in [6.07, 6.45) is 0.931. The lowest BCUT2D eigenvalue weighted by molar-refractivity contribution is 0.0920. The van der Waals surface area contributed by atoms with Crippen molar-refractivity contribution in [2.45, 2.75) is 19.4 Å². The average molecular weight is 275 g/mol. The summed E-state index contributed by atoms with van der Waals surface area (Å²) in [6.45, 7) is 1.95. The molecule has 0 aliphatic rings. The molecular formula is C15H17NO2S. The van der Waals surface area contributed by atoms with Crippen LogP contribution >= 0.6 is 11.3 Å². The van der Waals surface area contributed by atoms with Crippen molar-refractivity contribution in [3.05, 3.63) is 57.8 Å². The second-order valence-corrected chi connectivity index (χ2v) is 5.41. The minimum absolute atomic E-state index is 0.109. The summed E-state index contributed by atoms with van der Waals surface area (Å²) in [5, 5.41) is 12.3. The van der Waals surface area contributed by atoms with Crippen LogP contribution in [0.25, 0.3) is 0 Å². The maximum atomic E-state index is 12.1. The first-order valence-electron chi connectivity index (χ1n) is 6.30. The van der Waals surface area contributed by atoms with E-state index in [1.807, 2.05) is 42.5 Å². The zero-order valence-electron chi connectivity index (χ0n) is 10.8. The normalized spacial score (nSPS) is 12.1. The molecule has 0 saturated carbocycles. The molecule has 0 aliphatic carbocycles. The molecule has 0 unspecified atom stereocenters. The maximum absolute atomic E-state index is 12.1. The molecule has 1 aromatic heterocycles. The van der Waals surface area contributed by atoms with Gasteiger partial charge in [0.2, 0.25) is 0 Å². The molecule has 1 heterocycles. The van der Waals surface area contributed by atoms with Crippen LogP contribution in [0.5, 0.6) is 0 Å². The van der Waals surface area contributed by atoms with Crippen molar-refractivity contribution >= 4 is 17.2 Å². The summed E-state index contributed by atoms with van der Waals surface area (Å²) in [7, 11) is 0. The third-order valence-corrected chi connectivity index (χ3v) is 4.15. The largest absolute Gasteiger partial charge is 0.394 e. The number of aliphatic hydroxyl groups is 1. The highest BCUT2D eigenvalue weighted by molar-refractivity contribution is 7.14. The van der Waals surface area contributed by atoms with E-state index in [1.165, 1.54) is 16.2 Å². The van der Waals surface area contributed by atoms with Crippen LogP contribution in [0, 0.1) is 0 Å². The fraction of sp³-hybridized carbons (Fsp3) is 0.267. The molecule has 1 atom stereocenters. The van der Waals surface area contributed by atoms with Crippen molar-refractivity contribution in [1.82, 2.24) is 5.32 Å². The Hall–Kier alpha value is -1.65. The maximum Gasteiger partial charge on any atom is 0.261 e. The molecule has 1 amide bonds. The van der Waals surface area contributed by atoms with Crippen molar-refractivity contribution in [2.24, 2.45) is 0 Å². The molecule has 19 heavy (non-hydrogen) atoms. The number of aryl methyl sites for hydroxylation is 1. The third kappa shape index (κ3) is 3.43. The van der Waals surface area contributed by atoms with E-state index >= 15 is 0 Å². The number of aliphatic hydroxyl groups excluding tert-OH is 1. The molecule has 0 fully saturated rings. The van der Waals surface area contributed by atoms with Gasteiger partial charge in [-0.05, 0) is 24.1 Å². The van der Waals surface area contributed by atoms with Gasteiger partial charge in [0.05, 0.1) is 17.5 Å². The van der Waals surface area contributed by atoms with Gasteiger partial charge in [-0.25, -0.2) is 0 Å². The van der Waals surface area contributed by atoms with Gasteiger partial charge in [-0.2, -0.15) is 0 Å². The van der Waals surface area contributed by atoms with E-state index in [9.17, 15) is 9.90 Å². The Kier molecular flexibility index (Phi) is 4.71. The summed E-state index contributed by atoms with van der Waals surface area (Å²) in [5.74, 6) is -0.132. The van der Waals surface area contributed by atoms with Gasteiger partial charge in [0.25, 0.3) is 5.91 Å². The first-order chi connectivity index (χ1) is 9.24. The standard InChI is InChI=1S/C15H17NO2S/c1-2-12-8-9-14(19-12)15(18)16-13(10-17)11-6-4-3-5-7-11/h3-9,13,17H,2,10H2,1H3,(H,16,18)/t13-/m0/s1. The van der Waals surface area contributed by atoms with Gasteiger partial charge in [0.15, 0.2) is 0 Å². The van der Waals surface area contributed by atoms with Crippen molar-refractivity contribution in [1.29, 1.82) is 0 Å². The second-order valence-electron chi connectivity index (χ2n) is 4.24. The van der Waals surface area contributed by atoms with Crippen molar-refractivity contribution < 1.29 is 9.90 Å². The lowest BCUT2D eigenvalue weighted by atomic mass is 10.1. The SMILES string of the molecule is CCc1ccc(C(=O)N[C@@H](CO)c2ccccc2)s1. The number of rotatable bonds is 5. The Morgan fingerprint density at radius 3 is 2.58 bits per heavy atom. The van der Waals surface area contributed by atoms with Crippen molar-refractivity contribution in [3.8, 4) is 0 Å². The lowest BCUT2D eigenvalue weighted by Crippen LogP contribution is -2.30. The van der Waals surface area contributed by atoms with Gasteiger partial charge in [-0.15, -0.1) is 11.3 Å². The molecule has 4 heteroatoms. The van der Waals surface area contributed by atoms with Crippen LogP contribution in [0.4, 0.5) is 0 Å². The number of benzene rings is 1. The van der Waals surface area contributed by atoms with Crippen LogP contribution in [0.2, 0.25) is 0 Å². The van der Waals surface area contributed by atoms with Gasteiger partial charge in [-0.1, -0.05) is 37.3 Å². The predicted octanol–water partition coefficient (Wildman–Crippen LogP) is 2.77. The van der Waals surface area contributed by atoms with E-state index in [0.717, 1.165) is 12.0 Å². The fourth-order valence-electron chi connectivity index (χ4n) is 1.84. The highest BCUT2D eigenvalue weighted by Crippen LogP contribution is 2.18. The van der Waals surface area contributed by atoms with Crippen LogP contribution in [0.15, 0.2) is 42.5 Å². The molecule has 0 spiro atoms. The summed E-state index contributed by atoms with van der Waals surface area (Å²) in [6, 6.07) is 12.9. The number of hydrogen-bond donors (Lipinski definition) is 2.